The van der Waals surface area contributed by atoms with Crippen molar-refractivity contribution < 1.29 is 4.79 Å². The molecule has 3 heterocycles. The Bertz CT molecular complexity index is 689. The normalized spacial score (nSPS) is 16.6. The van der Waals surface area contributed by atoms with Gasteiger partial charge in [0, 0.05) is 24.7 Å². The lowest BCUT2D eigenvalue weighted by Gasteiger charge is -2.22. The summed E-state index contributed by atoms with van der Waals surface area (Å²) in [5.41, 5.74) is 3.19. The number of aromatic nitrogens is 2. The summed E-state index contributed by atoms with van der Waals surface area (Å²) in [7, 11) is 0. The highest BCUT2D eigenvalue weighted by Crippen LogP contribution is 2.14. The molecule has 1 amide bonds. The van der Waals surface area contributed by atoms with Crippen LogP contribution in [0.15, 0.2) is 24.5 Å². The summed E-state index contributed by atoms with van der Waals surface area (Å²) in [5.74, 6) is 2.10. The molecule has 146 valence electrons. The molecule has 1 fully saturated rings. The Morgan fingerprint density at radius 1 is 1.38 bits per heavy atom. The highest BCUT2D eigenvalue weighted by atomic mass is 35.5. The van der Waals surface area contributed by atoms with Gasteiger partial charge in [0.05, 0.1) is 11.4 Å². The first-order valence-corrected chi connectivity index (χ1v) is 9.85. The van der Waals surface area contributed by atoms with E-state index in [1.54, 1.807) is 11.8 Å². The number of thioether (sulfide) groups is 1. The number of halogens is 2. The number of aryl methyl sites for hydroxylation is 1. The molecule has 1 atom stereocenters. The standard InChI is InChI=1S/C18H26N4OS.2ClH/c1-14-4-5-17-21-16(11-22(17)10-14)12-24-13-18(23)20-8-6-15-3-2-7-19-9-15;;/h4-5,10-11,15,19H,2-3,6-9,12-13H2,1H3,(H,20,23);2*1H. The maximum atomic E-state index is 11.9. The van der Waals surface area contributed by atoms with Crippen molar-refractivity contribution in [1.82, 2.24) is 20.0 Å². The zero-order valence-electron chi connectivity index (χ0n) is 15.1. The van der Waals surface area contributed by atoms with Gasteiger partial charge in [-0.05, 0) is 56.8 Å². The van der Waals surface area contributed by atoms with Gasteiger partial charge in [0.2, 0.25) is 5.91 Å². The number of carbonyl (C=O) groups is 1. The van der Waals surface area contributed by atoms with E-state index >= 15 is 0 Å². The summed E-state index contributed by atoms with van der Waals surface area (Å²) >= 11 is 1.62. The van der Waals surface area contributed by atoms with Gasteiger partial charge in [0.1, 0.15) is 5.65 Å². The van der Waals surface area contributed by atoms with Crippen molar-refractivity contribution in [1.29, 1.82) is 0 Å². The Balaban J connectivity index is 0.00000169. The Hall–Kier alpha value is -0.950. The van der Waals surface area contributed by atoms with E-state index in [4.69, 9.17) is 0 Å². The SMILES string of the molecule is Cc1ccc2nc(CSCC(=O)NCCC3CCCNC3)cn2c1.Cl.Cl. The van der Waals surface area contributed by atoms with Crippen molar-refractivity contribution >= 4 is 48.1 Å². The Morgan fingerprint density at radius 3 is 3.00 bits per heavy atom. The Labute approximate surface area is 171 Å². The van der Waals surface area contributed by atoms with Crippen molar-refractivity contribution in [2.75, 3.05) is 25.4 Å². The average molecular weight is 419 g/mol. The fourth-order valence-corrected chi connectivity index (χ4v) is 3.85. The quantitative estimate of drug-likeness (QED) is 0.724. The highest BCUT2D eigenvalue weighted by molar-refractivity contribution is 7.99. The molecule has 0 aliphatic carbocycles. The van der Waals surface area contributed by atoms with Gasteiger partial charge < -0.3 is 15.0 Å². The van der Waals surface area contributed by atoms with Gasteiger partial charge in [-0.2, -0.15) is 0 Å². The number of amides is 1. The first kappa shape index (κ1) is 23.1. The molecule has 3 rings (SSSR count). The van der Waals surface area contributed by atoms with Crippen LogP contribution in [0.5, 0.6) is 0 Å². The molecule has 8 heteroatoms. The molecule has 0 radical (unpaired) electrons. The fourth-order valence-electron chi connectivity index (χ4n) is 3.11. The second-order valence-corrected chi connectivity index (χ2v) is 7.53. The number of carbonyl (C=O) groups excluding carboxylic acids is 1. The molecule has 1 saturated heterocycles. The van der Waals surface area contributed by atoms with E-state index in [9.17, 15) is 4.79 Å². The van der Waals surface area contributed by atoms with E-state index in [-0.39, 0.29) is 30.7 Å². The highest BCUT2D eigenvalue weighted by Gasteiger charge is 2.12. The molecule has 0 aromatic carbocycles. The number of imidazole rings is 1. The van der Waals surface area contributed by atoms with E-state index in [1.807, 2.05) is 16.7 Å². The van der Waals surface area contributed by atoms with Gasteiger partial charge >= 0.3 is 0 Å². The van der Waals surface area contributed by atoms with Gasteiger partial charge in [-0.3, -0.25) is 4.79 Å². The Morgan fingerprint density at radius 2 is 2.23 bits per heavy atom. The minimum absolute atomic E-state index is 0. The van der Waals surface area contributed by atoms with Crippen LogP contribution in [0.25, 0.3) is 5.65 Å². The van der Waals surface area contributed by atoms with Crippen molar-refractivity contribution in [3.8, 4) is 0 Å². The molecule has 0 saturated carbocycles. The predicted molar refractivity (Wildman–Crippen MR) is 114 cm³/mol. The van der Waals surface area contributed by atoms with Crippen LogP contribution in [0, 0.1) is 12.8 Å². The monoisotopic (exact) mass is 418 g/mol. The van der Waals surface area contributed by atoms with Gasteiger partial charge in [-0.15, -0.1) is 36.6 Å². The van der Waals surface area contributed by atoms with E-state index in [0.717, 1.165) is 43.1 Å². The minimum atomic E-state index is 0. The van der Waals surface area contributed by atoms with Crippen LogP contribution in [-0.2, 0) is 10.5 Å². The fraction of sp³-hybridized carbons (Fsp3) is 0.556. The number of piperidine rings is 1. The number of nitrogens with one attached hydrogen (secondary N) is 2. The molecule has 0 bridgehead atoms. The third kappa shape index (κ3) is 6.99. The summed E-state index contributed by atoms with van der Waals surface area (Å²) in [6.07, 6.45) is 7.74. The second-order valence-electron chi connectivity index (χ2n) is 6.55. The van der Waals surface area contributed by atoms with Crippen LogP contribution in [-0.4, -0.2) is 40.7 Å². The van der Waals surface area contributed by atoms with Crippen molar-refractivity contribution in [3.05, 3.63) is 35.8 Å². The van der Waals surface area contributed by atoms with Crippen molar-refractivity contribution in [2.24, 2.45) is 5.92 Å². The molecule has 1 aliphatic heterocycles. The van der Waals surface area contributed by atoms with Crippen molar-refractivity contribution in [2.45, 2.75) is 31.9 Å². The number of pyridine rings is 1. The summed E-state index contributed by atoms with van der Waals surface area (Å²) in [5, 5.41) is 6.45. The molecule has 0 spiro atoms. The van der Waals surface area contributed by atoms with E-state index < -0.39 is 0 Å². The van der Waals surface area contributed by atoms with Gasteiger partial charge in [0.25, 0.3) is 0 Å². The smallest absolute Gasteiger partial charge is 0.230 e. The van der Waals surface area contributed by atoms with Gasteiger partial charge in [-0.25, -0.2) is 4.98 Å². The molecular formula is C18H28Cl2N4OS. The number of hydrogen-bond acceptors (Lipinski definition) is 4. The average Bonchev–Trinajstić information content (AvgIpc) is 2.97. The molecule has 2 aromatic heterocycles. The van der Waals surface area contributed by atoms with Crippen molar-refractivity contribution in [3.63, 3.8) is 0 Å². The number of fused-ring (bicyclic) bond motifs is 1. The second kappa shape index (κ2) is 11.7. The summed E-state index contributed by atoms with van der Waals surface area (Å²) < 4.78 is 2.05. The van der Waals surface area contributed by atoms with E-state index in [2.05, 4.69) is 34.8 Å². The number of hydrogen-bond donors (Lipinski definition) is 2. The third-order valence-electron chi connectivity index (χ3n) is 4.41. The number of rotatable bonds is 7. The largest absolute Gasteiger partial charge is 0.355 e. The lowest BCUT2D eigenvalue weighted by atomic mass is 9.96. The predicted octanol–water partition coefficient (Wildman–Crippen LogP) is 3.23. The summed E-state index contributed by atoms with van der Waals surface area (Å²) in [4.78, 5) is 16.5. The minimum Gasteiger partial charge on any atom is -0.355 e. The molecule has 2 aromatic rings. The first-order chi connectivity index (χ1) is 11.7. The van der Waals surface area contributed by atoms with Crippen LogP contribution >= 0.6 is 36.6 Å². The summed E-state index contributed by atoms with van der Waals surface area (Å²) in [6, 6.07) is 4.09. The molecule has 2 N–H and O–H groups in total. The molecule has 1 unspecified atom stereocenters. The Kier molecular flexibility index (Phi) is 10.4. The maximum absolute atomic E-state index is 11.9. The third-order valence-corrected chi connectivity index (χ3v) is 5.37. The van der Waals surface area contributed by atoms with E-state index in [1.165, 1.54) is 18.4 Å². The van der Waals surface area contributed by atoms with Crippen LogP contribution in [0.1, 0.15) is 30.5 Å². The zero-order chi connectivity index (χ0) is 16.8. The van der Waals surface area contributed by atoms with Crippen LogP contribution in [0.4, 0.5) is 0 Å². The van der Waals surface area contributed by atoms with Crippen LogP contribution in [0.3, 0.4) is 0 Å². The lowest BCUT2D eigenvalue weighted by Crippen LogP contribution is -2.33. The van der Waals surface area contributed by atoms with Crippen LogP contribution < -0.4 is 10.6 Å². The summed E-state index contributed by atoms with van der Waals surface area (Å²) in [6.45, 7) is 5.10. The molecular weight excluding hydrogens is 391 g/mol. The van der Waals surface area contributed by atoms with Gasteiger partial charge in [-0.1, -0.05) is 6.07 Å². The lowest BCUT2D eigenvalue weighted by molar-refractivity contribution is -0.118. The number of nitrogens with zero attached hydrogens (tertiary/aromatic N) is 2. The topological polar surface area (TPSA) is 58.4 Å². The maximum Gasteiger partial charge on any atom is 0.230 e. The van der Waals surface area contributed by atoms with Crippen LogP contribution in [0.2, 0.25) is 0 Å². The molecule has 26 heavy (non-hydrogen) atoms. The van der Waals surface area contributed by atoms with E-state index in [0.29, 0.717) is 11.7 Å². The van der Waals surface area contributed by atoms with Gasteiger partial charge in [0.15, 0.2) is 0 Å². The zero-order valence-corrected chi connectivity index (χ0v) is 17.5. The molecule has 1 aliphatic rings. The molecule has 5 nitrogen and oxygen atoms in total. The first-order valence-electron chi connectivity index (χ1n) is 8.70.